The lowest BCUT2D eigenvalue weighted by atomic mass is 9.82. The number of hydrogen-bond donors (Lipinski definition) is 3. The SMILES string of the molecule is CSCC(O)C(O)CC(N)C1CCCCC1. The van der Waals surface area contributed by atoms with Crippen molar-refractivity contribution in [1.29, 1.82) is 0 Å². The zero-order valence-corrected chi connectivity index (χ0v) is 11.0. The van der Waals surface area contributed by atoms with Crippen LogP contribution in [0.3, 0.4) is 0 Å². The average molecular weight is 247 g/mol. The minimum atomic E-state index is -0.663. The molecule has 1 rings (SSSR count). The monoisotopic (exact) mass is 247 g/mol. The third kappa shape index (κ3) is 4.62. The van der Waals surface area contributed by atoms with Gasteiger partial charge in [-0.2, -0.15) is 11.8 Å². The number of aliphatic hydroxyl groups is 2. The Morgan fingerprint density at radius 2 is 1.81 bits per heavy atom. The molecule has 0 spiro atoms. The van der Waals surface area contributed by atoms with Gasteiger partial charge in [0, 0.05) is 11.8 Å². The Morgan fingerprint density at radius 3 is 2.38 bits per heavy atom. The fraction of sp³-hybridized carbons (Fsp3) is 1.00. The zero-order chi connectivity index (χ0) is 12.0. The van der Waals surface area contributed by atoms with E-state index >= 15 is 0 Å². The summed E-state index contributed by atoms with van der Waals surface area (Å²) in [6, 6.07) is 0.0480. The van der Waals surface area contributed by atoms with Gasteiger partial charge in [-0.1, -0.05) is 19.3 Å². The van der Waals surface area contributed by atoms with E-state index in [9.17, 15) is 10.2 Å². The van der Waals surface area contributed by atoms with Gasteiger partial charge in [0.25, 0.3) is 0 Å². The van der Waals surface area contributed by atoms with Crippen LogP contribution in [0, 0.1) is 5.92 Å². The third-order valence-electron chi connectivity index (χ3n) is 3.55. The van der Waals surface area contributed by atoms with Gasteiger partial charge in [0.15, 0.2) is 0 Å². The molecule has 3 nitrogen and oxygen atoms in total. The summed E-state index contributed by atoms with van der Waals surface area (Å²) < 4.78 is 0. The first-order valence-electron chi connectivity index (χ1n) is 6.25. The Balaban J connectivity index is 2.28. The summed E-state index contributed by atoms with van der Waals surface area (Å²) >= 11 is 1.55. The van der Waals surface area contributed by atoms with Gasteiger partial charge < -0.3 is 15.9 Å². The molecule has 0 aromatic rings. The summed E-state index contributed by atoms with van der Waals surface area (Å²) in [6.45, 7) is 0. The number of thioether (sulfide) groups is 1. The highest BCUT2D eigenvalue weighted by Gasteiger charge is 2.25. The quantitative estimate of drug-likeness (QED) is 0.663. The number of aliphatic hydroxyl groups excluding tert-OH is 2. The molecule has 1 fully saturated rings. The summed E-state index contributed by atoms with van der Waals surface area (Å²) in [4.78, 5) is 0. The first kappa shape index (κ1) is 14.3. The molecule has 4 heteroatoms. The molecule has 0 heterocycles. The van der Waals surface area contributed by atoms with Gasteiger partial charge in [0.05, 0.1) is 12.2 Å². The number of rotatable bonds is 6. The molecule has 16 heavy (non-hydrogen) atoms. The Morgan fingerprint density at radius 1 is 1.19 bits per heavy atom. The average Bonchev–Trinajstić information content (AvgIpc) is 2.30. The lowest BCUT2D eigenvalue weighted by Crippen LogP contribution is -2.39. The fourth-order valence-electron chi connectivity index (χ4n) is 2.47. The van der Waals surface area contributed by atoms with Crippen LogP contribution in [0.15, 0.2) is 0 Å². The summed E-state index contributed by atoms with van der Waals surface area (Å²) in [5.74, 6) is 1.13. The lowest BCUT2D eigenvalue weighted by Gasteiger charge is -2.29. The molecule has 1 saturated carbocycles. The summed E-state index contributed by atoms with van der Waals surface area (Å²) in [5, 5.41) is 19.4. The summed E-state index contributed by atoms with van der Waals surface area (Å²) in [5.41, 5.74) is 6.11. The number of hydrogen-bond acceptors (Lipinski definition) is 4. The second-order valence-corrected chi connectivity index (χ2v) is 5.80. The van der Waals surface area contributed by atoms with Crippen LogP contribution in [0.4, 0.5) is 0 Å². The van der Waals surface area contributed by atoms with E-state index in [1.54, 1.807) is 11.8 Å². The molecule has 0 aromatic heterocycles. The molecule has 0 aromatic carbocycles. The van der Waals surface area contributed by atoms with E-state index in [0.29, 0.717) is 18.1 Å². The third-order valence-corrected chi connectivity index (χ3v) is 4.23. The van der Waals surface area contributed by atoms with E-state index < -0.39 is 12.2 Å². The maximum atomic E-state index is 9.81. The maximum Gasteiger partial charge on any atom is 0.0889 e. The molecule has 0 radical (unpaired) electrons. The van der Waals surface area contributed by atoms with Gasteiger partial charge in [-0.3, -0.25) is 0 Å². The van der Waals surface area contributed by atoms with Crippen LogP contribution in [0.5, 0.6) is 0 Å². The van der Waals surface area contributed by atoms with Crippen LogP contribution >= 0.6 is 11.8 Å². The molecule has 4 N–H and O–H groups in total. The minimum absolute atomic E-state index is 0.0480. The van der Waals surface area contributed by atoms with Gasteiger partial charge in [0.2, 0.25) is 0 Å². The van der Waals surface area contributed by atoms with Crippen molar-refractivity contribution in [3.63, 3.8) is 0 Å². The highest BCUT2D eigenvalue weighted by molar-refractivity contribution is 7.98. The van der Waals surface area contributed by atoms with E-state index in [1.807, 2.05) is 6.26 Å². The van der Waals surface area contributed by atoms with E-state index in [0.717, 1.165) is 0 Å². The normalized spacial score (nSPS) is 24.0. The van der Waals surface area contributed by atoms with Crippen molar-refractivity contribution in [2.45, 2.75) is 56.8 Å². The molecule has 0 amide bonds. The smallest absolute Gasteiger partial charge is 0.0889 e. The molecule has 0 aliphatic heterocycles. The minimum Gasteiger partial charge on any atom is -0.390 e. The second kappa shape index (κ2) is 7.54. The first-order chi connectivity index (χ1) is 7.65. The summed E-state index contributed by atoms with van der Waals surface area (Å²) in [6.07, 6.45) is 7.39. The predicted octanol–water partition coefficient (Wildman–Crippen LogP) is 1.37. The molecule has 0 saturated heterocycles. The Labute approximate surface area is 103 Å². The second-order valence-electron chi connectivity index (χ2n) is 4.89. The lowest BCUT2D eigenvalue weighted by molar-refractivity contribution is 0.0198. The molecule has 1 aliphatic carbocycles. The van der Waals surface area contributed by atoms with Crippen LogP contribution in [0.1, 0.15) is 38.5 Å². The van der Waals surface area contributed by atoms with Crippen molar-refractivity contribution in [1.82, 2.24) is 0 Å². The van der Waals surface area contributed by atoms with Gasteiger partial charge in [0.1, 0.15) is 0 Å². The number of nitrogens with two attached hydrogens (primary N) is 1. The standard InChI is InChI=1S/C12H25NO2S/c1-16-8-12(15)11(14)7-10(13)9-5-3-2-4-6-9/h9-12,14-15H,2-8,13H2,1H3. The van der Waals surface area contributed by atoms with Gasteiger partial charge >= 0.3 is 0 Å². The van der Waals surface area contributed by atoms with Crippen molar-refractivity contribution in [3.05, 3.63) is 0 Å². The summed E-state index contributed by atoms with van der Waals surface area (Å²) in [7, 11) is 0. The predicted molar refractivity (Wildman–Crippen MR) is 69.6 cm³/mol. The van der Waals surface area contributed by atoms with E-state index in [-0.39, 0.29) is 6.04 Å². The zero-order valence-electron chi connectivity index (χ0n) is 10.1. The highest BCUT2D eigenvalue weighted by atomic mass is 32.2. The van der Waals surface area contributed by atoms with Crippen LogP contribution in [-0.4, -0.2) is 40.5 Å². The molecule has 0 bridgehead atoms. The van der Waals surface area contributed by atoms with Crippen molar-refractivity contribution in [3.8, 4) is 0 Å². The molecule has 96 valence electrons. The van der Waals surface area contributed by atoms with Crippen LogP contribution in [0.25, 0.3) is 0 Å². The molecular formula is C12H25NO2S. The highest BCUT2D eigenvalue weighted by Crippen LogP contribution is 2.27. The topological polar surface area (TPSA) is 66.5 Å². The fourth-order valence-corrected chi connectivity index (χ4v) is 3.04. The Hall–Kier alpha value is 0.230. The molecule has 3 atom stereocenters. The van der Waals surface area contributed by atoms with E-state index in [2.05, 4.69) is 0 Å². The van der Waals surface area contributed by atoms with Crippen molar-refractivity contribution in [2.24, 2.45) is 11.7 Å². The van der Waals surface area contributed by atoms with Gasteiger partial charge in [-0.25, -0.2) is 0 Å². The molecule has 1 aliphatic rings. The first-order valence-corrected chi connectivity index (χ1v) is 7.65. The van der Waals surface area contributed by atoms with E-state index in [4.69, 9.17) is 5.73 Å². The Bertz CT molecular complexity index is 186. The molecule has 3 unspecified atom stereocenters. The van der Waals surface area contributed by atoms with Crippen molar-refractivity contribution in [2.75, 3.05) is 12.0 Å². The van der Waals surface area contributed by atoms with Crippen LogP contribution in [0.2, 0.25) is 0 Å². The van der Waals surface area contributed by atoms with Crippen molar-refractivity contribution < 1.29 is 10.2 Å². The van der Waals surface area contributed by atoms with E-state index in [1.165, 1.54) is 32.1 Å². The van der Waals surface area contributed by atoms with Crippen LogP contribution < -0.4 is 5.73 Å². The van der Waals surface area contributed by atoms with Gasteiger partial charge in [-0.05, 0) is 31.4 Å². The largest absolute Gasteiger partial charge is 0.390 e. The van der Waals surface area contributed by atoms with Crippen molar-refractivity contribution >= 4 is 11.8 Å². The van der Waals surface area contributed by atoms with Crippen LogP contribution in [-0.2, 0) is 0 Å². The Kier molecular flexibility index (Phi) is 6.73. The molecular weight excluding hydrogens is 222 g/mol. The van der Waals surface area contributed by atoms with Gasteiger partial charge in [-0.15, -0.1) is 0 Å². The maximum absolute atomic E-state index is 9.81.